The fraction of sp³-hybridized carbons (Fsp3) is 0.200. The first-order chi connectivity index (χ1) is 8.08. The van der Waals surface area contributed by atoms with Crippen molar-refractivity contribution in [2.24, 2.45) is 0 Å². The van der Waals surface area contributed by atoms with Crippen molar-refractivity contribution in [2.75, 3.05) is 12.5 Å². The highest BCUT2D eigenvalue weighted by Gasteiger charge is 2.16. The van der Waals surface area contributed by atoms with E-state index in [1.165, 1.54) is 5.56 Å². The van der Waals surface area contributed by atoms with Crippen LogP contribution in [-0.4, -0.2) is 12.5 Å². The Labute approximate surface area is 105 Å². The van der Waals surface area contributed by atoms with Gasteiger partial charge in [-0.3, -0.25) is 0 Å². The van der Waals surface area contributed by atoms with Crippen molar-refractivity contribution in [1.29, 1.82) is 0 Å². The SMILES string of the molecule is Cc1ccc(-c2ccc(F)c([S+](C)C)c2)cc1. The van der Waals surface area contributed by atoms with Gasteiger partial charge in [-0.1, -0.05) is 35.9 Å². The summed E-state index contributed by atoms with van der Waals surface area (Å²) >= 11 is 0. The zero-order chi connectivity index (χ0) is 12.4. The topological polar surface area (TPSA) is 0 Å². The summed E-state index contributed by atoms with van der Waals surface area (Å²) in [5.41, 5.74) is 3.46. The lowest BCUT2D eigenvalue weighted by Gasteiger charge is -2.05. The lowest BCUT2D eigenvalue weighted by atomic mass is 10.0. The second-order valence-corrected chi connectivity index (χ2v) is 6.40. The molecule has 0 nitrogen and oxygen atoms in total. The summed E-state index contributed by atoms with van der Waals surface area (Å²) in [6.45, 7) is 2.06. The van der Waals surface area contributed by atoms with Gasteiger partial charge in [0.2, 0.25) is 0 Å². The van der Waals surface area contributed by atoms with Crippen molar-refractivity contribution in [1.82, 2.24) is 0 Å². The van der Waals surface area contributed by atoms with Crippen molar-refractivity contribution in [3.63, 3.8) is 0 Å². The van der Waals surface area contributed by atoms with Gasteiger partial charge in [0.05, 0.1) is 0 Å². The molecule has 0 unspecified atom stereocenters. The van der Waals surface area contributed by atoms with Crippen LogP contribution >= 0.6 is 0 Å². The Morgan fingerprint density at radius 3 is 2.06 bits per heavy atom. The molecule has 2 aromatic carbocycles. The molecule has 0 aliphatic rings. The fourth-order valence-electron chi connectivity index (χ4n) is 1.74. The van der Waals surface area contributed by atoms with Crippen molar-refractivity contribution < 1.29 is 4.39 Å². The van der Waals surface area contributed by atoms with Gasteiger partial charge in [0.25, 0.3) is 0 Å². The van der Waals surface area contributed by atoms with Gasteiger partial charge in [0.15, 0.2) is 10.7 Å². The highest BCUT2D eigenvalue weighted by molar-refractivity contribution is 7.95. The Hall–Kier alpha value is -1.28. The van der Waals surface area contributed by atoms with E-state index in [9.17, 15) is 4.39 Å². The van der Waals surface area contributed by atoms with E-state index in [1.807, 2.05) is 24.6 Å². The molecule has 0 saturated carbocycles. The number of hydrogen-bond acceptors (Lipinski definition) is 0. The smallest absolute Gasteiger partial charge is 0.190 e. The Morgan fingerprint density at radius 1 is 0.882 bits per heavy atom. The molecule has 0 aliphatic carbocycles. The third-order valence-electron chi connectivity index (χ3n) is 2.76. The van der Waals surface area contributed by atoms with E-state index in [0.717, 1.165) is 16.0 Å². The molecule has 0 heterocycles. The average molecular weight is 247 g/mol. The molecular formula is C15H16FS+. The van der Waals surface area contributed by atoms with Gasteiger partial charge in [-0.2, -0.15) is 0 Å². The highest BCUT2D eigenvalue weighted by atomic mass is 32.2. The quantitative estimate of drug-likeness (QED) is 0.703. The molecule has 0 aliphatic heterocycles. The van der Waals surface area contributed by atoms with Gasteiger partial charge in [0, 0.05) is 17.0 Å². The third-order valence-corrected chi connectivity index (χ3v) is 3.95. The molecule has 2 heteroatoms. The summed E-state index contributed by atoms with van der Waals surface area (Å²) in [6.07, 6.45) is 4.08. The van der Waals surface area contributed by atoms with Gasteiger partial charge >= 0.3 is 0 Å². The second kappa shape index (κ2) is 4.92. The maximum absolute atomic E-state index is 13.6. The molecule has 2 aromatic rings. The standard InChI is InChI=1S/C15H16FS/c1-11-4-6-12(7-5-11)13-8-9-14(16)15(10-13)17(2)3/h4-10H,1-3H3/q+1. The third kappa shape index (κ3) is 2.70. The van der Waals surface area contributed by atoms with Crippen LogP contribution in [0.3, 0.4) is 0 Å². The van der Waals surface area contributed by atoms with Gasteiger partial charge in [-0.05, 0) is 24.1 Å². The molecule has 88 valence electrons. The van der Waals surface area contributed by atoms with Crippen LogP contribution in [0.2, 0.25) is 0 Å². The number of halogens is 1. The highest BCUT2D eigenvalue weighted by Crippen LogP contribution is 2.25. The molecule has 0 aromatic heterocycles. The monoisotopic (exact) mass is 247 g/mol. The summed E-state index contributed by atoms with van der Waals surface area (Å²) in [5, 5.41) is 0. The summed E-state index contributed by atoms with van der Waals surface area (Å²) in [4.78, 5) is 0.808. The van der Waals surface area contributed by atoms with Crippen molar-refractivity contribution >= 4 is 10.9 Å². The molecule has 2 rings (SSSR count). The normalized spacial score (nSPS) is 10.9. The first-order valence-electron chi connectivity index (χ1n) is 5.52. The first kappa shape index (κ1) is 12.2. The minimum Gasteiger partial charge on any atom is -0.201 e. The molecule has 0 bridgehead atoms. The van der Waals surface area contributed by atoms with Crippen LogP contribution in [0.25, 0.3) is 11.1 Å². The molecule has 17 heavy (non-hydrogen) atoms. The first-order valence-corrected chi connectivity index (χ1v) is 7.56. The van der Waals surface area contributed by atoms with Crippen molar-refractivity contribution in [3.05, 3.63) is 53.8 Å². The van der Waals surface area contributed by atoms with Gasteiger partial charge in [-0.25, -0.2) is 4.39 Å². The van der Waals surface area contributed by atoms with Crippen molar-refractivity contribution in [3.8, 4) is 11.1 Å². The summed E-state index contributed by atoms with van der Waals surface area (Å²) in [5.74, 6) is -0.103. The van der Waals surface area contributed by atoms with Gasteiger partial charge < -0.3 is 0 Å². The molecular weight excluding hydrogens is 231 g/mol. The van der Waals surface area contributed by atoms with E-state index < -0.39 is 0 Å². The van der Waals surface area contributed by atoms with Crippen LogP contribution in [0.5, 0.6) is 0 Å². The predicted octanol–water partition coefficient (Wildman–Crippen LogP) is 4.04. The van der Waals surface area contributed by atoms with E-state index >= 15 is 0 Å². The lowest BCUT2D eigenvalue weighted by molar-refractivity contribution is 0.601. The zero-order valence-electron chi connectivity index (χ0n) is 10.3. The van der Waals surface area contributed by atoms with Crippen LogP contribution in [-0.2, 0) is 10.9 Å². The molecule has 0 N–H and O–H groups in total. The molecule has 0 fully saturated rings. The van der Waals surface area contributed by atoms with Crippen LogP contribution in [0.15, 0.2) is 47.4 Å². The molecule has 0 saturated heterocycles. The molecule has 0 atom stereocenters. The minimum atomic E-state index is -0.103. The van der Waals surface area contributed by atoms with Crippen LogP contribution in [0, 0.1) is 12.7 Å². The van der Waals surface area contributed by atoms with Crippen LogP contribution in [0.4, 0.5) is 4.39 Å². The van der Waals surface area contributed by atoms with Gasteiger partial charge in [-0.15, -0.1) is 0 Å². The predicted molar refractivity (Wildman–Crippen MR) is 74.1 cm³/mol. The van der Waals surface area contributed by atoms with Crippen molar-refractivity contribution in [2.45, 2.75) is 11.8 Å². The van der Waals surface area contributed by atoms with E-state index in [0.29, 0.717) is 0 Å². The number of hydrogen-bond donors (Lipinski definition) is 0. The average Bonchev–Trinajstić information content (AvgIpc) is 2.30. The van der Waals surface area contributed by atoms with E-state index in [-0.39, 0.29) is 16.7 Å². The van der Waals surface area contributed by atoms with E-state index in [4.69, 9.17) is 0 Å². The Kier molecular flexibility index (Phi) is 3.53. The van der Waals surface area contributed by atoms with Crippen LogP contribution in [0.1, 0.15) is 5.56 Å². The lowest BCUT2D eigenvalue weighted by Crippen LogP contribution is -1.99. The second-order valence-electron chi connectivity index (χ2n) is 4.33. The summed E-state index contributed by atoms with van der Waals surface area (Å²) in [7, 11) is -0.0540. The number of aryl methyl sites for hydroxylation is 1. The Bertz CT molecular complexity index is 515. The Morgan fingerprint density at radius 2 is 1.47 bits per heavy atom. The largest absolute Gasteiger partial charge is 0.201 e. The molecule has 0 radical (unpaired) electrons. The molecule has 0 amide bonds. The summed E-state index contributed by atoms with van der Waals surface area (Å²) < 4.78 is 13.6. The molecule has 0 spiro atoms. The maximum atomic E-state index is 13.6. The Balaban J connectivity index is 2.46. The zero-order valence-corrected chi connectivity index (χ0v) is 11.1. The fourth-order valence-corrected chi connectivity index (χ4v) is 2.56. The summed E-state index contributed by atoms with van der Waals surface area (Å²) in [6, 6.07) is 13.7. The van der Waals surface area contributed by atoms with E-state index in [2.05, 4.69) is 31.2 Å². The van der Waals surface area contributed by atoms with E-state index in [1.54, 1.807) is 6.07 Å². The minimum absolute atomic E-state index is 0.0540. The number of benzene rings is 2. The van der Waals surface area contributed by atoms with Crippen LogP contribution < -0.4 is 0 Å². The maximum Gasteiger partial charge on any atom is 0.190 e. The number of rotatable bonds is 2. The van der Waals surface area contributed by atoms with Gasteiger partial charge in [0.1, 0.15) is 12.5 Å².